The summed E-state index contributed by atoms with van der Waals surface area (Å²) in [6.07, 6.45) is 4.31. The van der Waals surface area contributed by atoms with Gasteiger partial charge in [-0.15, -0.1) is 0 Å². The van der Waals surface area contributed by atoms with Crippen molar-refractivity contribution in [3.63, 3.8) is 0 Å². The van der Waals surface area contributed by atoms with Crippen molar-refractivity contribution in [2.75, 3.05) is 13.2 Å². The Labute approximate surface area is 142 Å². The Morgan fingerprint density at radius 1 is 1.25 bits per heavy atom. The van der Waals surface area contributed by atoms with Crippen molar-refractivity contribution in [2.24, 2.45) is 5.92 Å². The summed E-state index contributed by atoms with van der Waals surface area (Å²) in [6.45, 7) is 0.441. The number of nitrogens with one attached hydrogen (secondary N) is 2. The summed E-state index contributed by atoms with van der Waals surface area (Å²) in [5.41, 5.74) is 3.44. The highest BCUT2D eigenvalue weighted by molar-refractivity contribution is 5.74. The molecule has 24 heavy (non-hydrogen) atoms. The molecule has 0 bridgehead atoms. The molecule has 0 aliphatic heterocycles. The molecule has 2 atom stereocenters. The normalized spacial score (nSPS) is 17.1. The summed E-state index contributed by atoms with van der Waals surface area (Å²) in [5, 5.41) is 15.4. The number of amides is 2. The highest BCUT2D eigenvalue weighted by Crippen LogP contribution is 2.30. The number of hydrogen-bond acceptors (Lipinski definition) is 3. The van der Waals surface area contributed by atoms with Crippen LogP contribution in [0.1, 0.15) is 29.3 Å². The quantitative estimate of drug-likeness (QED) is 0.762. The zero-order valence-electron chi connectivity index (χ0n) is 13.6. The molecule has 1 aliphatic carbocycles. The number of carbonyl (C=O) groups excluding carboxylic acids is 1. The van der Waals surface area contributed by atoms with Crippen molar-refractivity contribution in [3.8, 4) is 0 Å². The second-order valence-electron chi connectivity index (χ2n) is 6.22. The third kappa shape index (κ3) is 4.11. The SMILES string of the molecule is O=C(NCC(CO)Cc1ccccn1)NC1CCc2ccccc21. The lowest BCUT2D eigenvalue weighted by Crippen LogP contribution is -2.40. The molecule has 1 heterocycles. The van der Waals surface area contributed by atoms with E-state index in [1.807, 2.05) is 30.3 Å². The Hall–Kier alpha value is -2.40. The van der Waals surface area contributed by atoms with Crippen LogP contribution in [0.15, 0.2) is 48.7 Å². The van der Waals surface area contributed by atoms with Crippen LogP contribution < -0.4 is 10.6 Å². The van der Waals surface area contributed by atoms with E-state index in [4.69, 9.17) is 0 Å². The molecule has 2 unspecified atom stereocenters. The van der Waals surface area contributed by atoms with E-state index in [1.165, 1.54) is 11.1 Å². The number of aliphatic hydroxyl groups is 1. The molecular formula is C19H23N3O2. The summed E-state index contributed by atoms with van der Waals surface area (Å²) in [6, 6.07) is 13.8. The Morgan fingerprint density at radius 3 is 2.88 bits per heavy atom. The van der Waals surface area contributed by atoms with Gasteiger partial charge in [-0.2, -0.15) is 0 Å². The maximum Gasteiger partial charge on any atom is 0.315 e. The van der Waals surface area contributed by atoms with Crippen molar-refractivity contribution in [3.05, 3.63) is 65.5 Å². The lowest BCUT2D eigenvalue weighted by Gasteiger charge is -2.18. The minimum atomic E-state index is -0.184. The van der Waals surface area contributed by atoms with Gasteiger partial charge in [-0.3, -0.25) is 4.98 Å². The maximum absolute atomic E-state index is 12.2. The van der Waals surface area contributed by atoms with Crippen LogP contribution in [0.3, 0.4) is 0 Å². The molecule has 3 rings (SSSR count). The van der Waals surface area contributed by atoms with Gasteiger partial charge in [-0.25, -0.2) is 4.79 Å². The molecule has 0 saturated heterocycles. The fraction of sp³-hybridized carbons (Fsp3) is 0.368. The lowest BCUT2D eigenvalue weighted by atomic mass is 10.0. The molecule has 5 heteroatoms. The number of hydrogen-bond donors (Lipinski definition) is 3. The second-order valence-corrected chi connectivity index (χ2v) is 6.22. The van der Waals surface area contributed by atoms with E-state index in [9.17, 15) is 9.90 Å². The standard InChI is InChI=1S/C19H23N3O2/c23-13-14(11-16-6-3-4-10-20-16)12-21-19(24)22-18-9-8-15-5-1-2-7-17(15)18/h1-7,10,14,18,23H,8-9,11-13H2,(H2,21,22,24). The van der Waals surface area contributed by atoms with Crippen LogP contribution in [0.25, 0.3) is 0 Å². The van der Waals surface area contributed by atoms with Gasteiger partial charge in [0.2, 0.25) is 0 Å². The van der Waals surface area contributed by atoms with E-state index >= 15 is 0 Å². The van der Waals surface area contributed by atoms with E-state index in [-0.39, 0.29) is 24.6 Å². The molecule has 0 fully saturated rings. The van der Waals surface area contributed by atoms with E-state index in [2.05, 4.69) is 27.8 Å². The average Bonchev–Trinajstić information content (AvgIpc) is 3.02. The predicted molar refractivity (Wildman–Crippen MR) is 92.6 cm³/mol. The number of benzene rings is 1. The first-order valence-electron chi connectivity index (χ1n) is 8.39. The van der Waals surface area contributed by atoms with Crippen LogP contribution >= 0.6 is 0 Å². The van der Waals surface area contributed by atoms with Crippen LogP contribution in [0.2, 0.25) is 0 Å². The van der Waals surface area contributed by atoms with Gasteiger partial charge in [0.15, 0.2) is 0 Å². The first-order valence-corrected chi connectivity index (χ1v) is 8.39. The number of fused-ring (bicyclic) bond motifs is 1. The molecule has 5 nitrogen and oxygen atoms in total. The topological polar surface area (TPSA) is 74.2 Å². The highest BCUT2D eigenvalue weighted by atomic mass is 16.3. The van der Waals surface area contributed by atoms with Gasteiger partial charge in [-0.1, -0.05) is 30.3 Å². The summed E-state index contributed by atoms with van der Waals surface area (Å²) in [7, 11) is 0. The van der Waals surface area contributed by atoms with Gasteiger partial charge in [0, 0.05) is 31.0 Å². The Morgan fingerprint density at radius 2 is 2.08 bits per heavy atom. The molecule has 2 aromatic rings. The van der Waals surface area contributed by atoms with E-state index in [0.717, 1.165) is 18.5 Å². The van der Waals surface area contributed by atoms with Crippen molar-refractivity contribution in [1.29, 1.82) is 0 Å². The van der Waals surface area contributed by atoms with Gasteiger partial charge in [0.25, 0.3) is 0 Å². The maximum atomic E-state index is 12.2. The number of aryl methyl sites for hydroxylation is 1. The van der Waals surface area contributed by atoms with E-state index < -0.39 is 0 Å². The predicted octanol–water partition coefficient (Wildman–Crippen LogP) is 2.22. The van der Waals surface area contributed by atoms with Crippen molar-refractivity contribution in [1.82, 2.24) is 15.6 Å². The lowest BCUT2D eigenvalue weighted by molar-refractivity contribution is 0.212. The third-order valence-electron chi connectivity index (χ3n) is 4.47. The molecule has 1 aromatic heterocycles. The Kier molecular flexibility index (Phi) is 5.43. The van der Waals surface area contributed by atoms with Crippen LogP contribution in [0, 0.1) is 5.92 Å². The van der Waals surface area contributed by atoms with Crippen LogP contribution in [-0.2, 0) is 12.8 Å². The van der Waals surface area contributed by atoms with Crippen molar-refractivity contribution in [2.45, 2.75) is 25.3 Å². The highest BCUT2D eigenvalue weighted by Gasteiger charge is 2.23. The van der Waals surface area contributed by atoms with Gasteiger partial charge in [0.1, 0.15) is 0 Å². The number of urea groups is 1. The van der Waals surface area contributed by atoms with Crippen LogP contribution in [0.4, 0.5) is 4.79 Å². The molecule has 0 spiro atoms. The molecule has 2 amide bonds. The average molecular weight is 325 g/mol. The number of nitrogens with zero attached hydrogens (tertiary/aromatic N) is 1. The van der Waals surface area contributed by atoms with Gasteiger partial charge in [-0.05, 0) is 42.5 Å². The van der Waals surface area contributed by atoms with E-state index in [0.29, 0.717) is 13.0 Å². The number of carbonyl (C=O) groups is 1. The number of rotatable bonds is 6. The molecule has 0 saturated carbocycles. The molecule has 1 aromatic carbocycles. The largest absolute Gasteiger partial charge is 0.396 e. The first kappa shape index (κ1) is 16.5. The Bertz CT molecular complexity index is 675. The number of aliphatic hydroxyl groups excluding tert-OH is 1. The van der Waals surface area contributed by atoms with Gasteiger partial charge < -0.3 is 15.7 Å². The van der Waals surface area contributed by atoms with Crippen LogP contribution in [0.5, 0.6) is 0 Å². The van der Waals surface area contributed by atoms with E-state index in [1.54, 1.807) is 6.20 Å². The van der Waals surface area contributed by atoms with Crippen LogP contribution in [-0.4, -0.2) is 29.3 Å². The summed E-state index contributed by atoms with van der Waals surface area (Å²) in [5.74, 6) is -0.0403. The number of aromatic nitrogens is 1. The molecular weight excluding hydrogens is 302 g/mol. The molecule has 0 radical (unpaired) electrons. The van der Waals surface area contributed by atoms with Gasteiger partial charge in [0.05, 0.1) is 6.04 Å². The Balaban J connectivity index is 1.48. The summed E-state index contributed by atoms with van der Waals surface area (Å²) >= 11 is 0. The molecule has 3 N–H and O–H groups in total. The molecule has 126 valence electrons. The fourth-order valence-corrected chi connectivity index (χ4v) is 3.17. The summed E-state index contributed by atoms with van der Waals surface area (Å²) in [4.78, 5) is 16.4. The molecule has 1 aliphatic rings. The minimum absolute atomic E-state index is 0.0170. The van der Waals surface area contributed by atoms with Crippen molar-refractivity contribution >= 4 is 6.03 Å². The fourth-order valence-electron chi connectivity index (χ4n) is 3.17. The smallest absolute Gasteiger partial charge is 0.315 e. The van der Waals surface area contributed by atoms with Crippen molar-refractivity contribution < 1.29 is 9.90 Å². The minimum Gasteiger partial charge on any atom is -0.396 e. The second kappa shape index (κ2) is 7.93. The zero-order chi connectivity index (χ0) is 16.8. The van der Waals surface area contributed by atoms with Gasteiger partial charge >= 0.3 is 6.03 Å². The first-order chi connectivity index (χ1) is 11.8. The third-order valence-corrected chi connectivity index (χ3v) is 4.47. The zero-order valence-corrected chi connectivity index (χ0v) is 13.6. The monoisotopic (exact) mass is 325 g/mol. The summed E-state index contributed by atoms with van der Waals surface area (Å²) < 4.78 is 0. The number of pyridine rings is 1.